The van der Waals surface area contributed by atoms with Crippen LogP contribution in [-0.2, 0) is 0 Å². The molecule has 1 aliphatic rings. The maximum absolute atomic E-state index is 5.27. The Morgan fingerprint density at radius 1 is 1.25 bits per heavy atom. The average Bonchev–Trinajstić information content (AvgIpc) is 2.79. The number of allylic oxidation sites excluding steroid dienone is 1. The Morgan fingerprint density at radius 2 is 2.12 bits per heavy atom. The number of nitrogens with zero attached hydrogens (tertiary/aromatic N) is 2. The number of nitrogens with one attached hydrogen (secondary N) is 1. The van der Waals surface area contributed by atoms with Crippen LogP contribution in [0.4, 0.5) is 0 Å². The second kappa shape index (κ2) is 5.14. The number of aromatic amines is 1. The first-order valence-corrected chi connectivity index (χ1v) is 5.06. The van der Waals surface area contributed by atoms with Crippen molar-refractivity contribution in [2.75, 3.05) is 6.67 Å². The number of rotatable bonds is 0. The lowest BCUT2D eigenvalue weighted by Gasteiger charge is -2.10. The molecule has 0 fully saturated rings. The summed E-state index contributed by atoms with van der Waals surface area (Å²) in [7, 11) is 0. The minimum Gasteiger partial charge on any atom is -0.361 e. The van der Waals surface area contributed by atoms with E-state index in [1.54, 1.807) is 18.5 Å². The number of nitrogens with two attached hydrogens (primary N) is 1. The lowest BCUT2D eigenvalue weighted by atomic mass is 10.3. The fourth-order valence-corrected chi connectivity index (χ4v) is 1.39. The molecule has 1 aromatic heterocycles. The maximum atomic E-state index is 5.27. The van der Waals surface area contributed by atoms with Gasteiger partial charge >= 0.3 is 0 Å². The van der Waals surface area contributed by atoms with Gasteiger partial charge in [0.1, 0.15) is 6.67 Å². The first-order valence-electron chi connectivity index (χ1n) is 5.06. The Balaban J connectivity index is 0.000000125. The molecular weight excluding hydrogens is 200 g/mol. The average molecular weight is 214 g/mol. The molecule has 1 aliphatic heterocycles. The van der Waals surface area contributed by atoms with E-state index in [-0.39, 0.29) is 0 Å². The highest BCUT2D eigenvalue weighted by atomic mass is 15.4. The number of aromatic nitrogens is 1. The highest BCUT2D eigenvalue weighted by Crippen LogP contribution is 2.09. The minimum absolute atomic E-state index is 0.580. The zero-order valence-electron chi connectivity index (χ0n) is 8.88. The first-order chi connectivity index (χ1) is 7.86. The number of H-pyrrole nitrogens is 1. The highest BCUT2D eigenvalue weighted by Gasteiger charge is 1.87. The van der Waals surface area contributed by atoms with Gasteiger partial charge in [-0.1, -0.05) is 18.2 Å². The number of hydrazine groups is 1. The standard InChI is InChI=1S/C8H7N.C4H7N3/c1-2-4-8-7(3-1)5-6-9-8;5-7-3-1-2-6-4-7/h1-6,9H;1-3H,4-5H2. The number of hydrogen-bond acceptors (Lipinski definition) is 3. The summed E-state index contributed by atoms with van der Waals surface area (Å²) in [4.78, 5) is 6.97. The molecule has 1 aromatic carbocycles. The van der Waals surface area contributed by atoms with Crippen molar-refractivity contribution in [3.8, 4) is 0 Å². The molecule has 2 aromatic rings. The van der Waals surface area contributed by atoms with Gasteiger partial charge in [0, 0.05) is 24.1 Å². The van der Waals surface area contributed by atoms with Gasteiger partial charge < -0.3 is 4.98 Å². The Hall–Kier alpha value is -2.07. The molecular formula is C12H14N4. The summed E-state index contributed by atoms with van der Waals surface area (Å²) in [6.07, 6.45) is 7.24. The van der Waals surface area contributed by atoms with Crippen LogP contribution < -0.4 is 5.84 Å². The van der Waals surface area contributed by atoms with Crippen molar-refractivity contribution in [1.82, 2.24) is 9.99 Å². The fraction of sp³-hybridized carbons (Fsp3) is 0.0833. The second-order valence-electron chi connectivity index (χ2n) is 3.39. The Kier molecular flexibility index (Phi) is 3.35. The van der Waals surface area contributed by atoms with Gasteiger partial charge in [0.25, 0.3) is 0 Å². The molecule has 0 amide bonds. The molecule has 4 heteroatoms. The normalized spacial score (nSPS) is 13.7. The smallest absolute Gasteiger partial charge is 0.123 e. The van der Waals surface area contributed by atoms with E-state index in [4.69, 9.17) is 5.84 Å². The Morgan fingerprint density at radius 3 is 2.75 bits per heavy atom. The van der Waals surface area contributed by atoms with Crippen molar-refractivity contribution in [3.05, 3.63) is 48.8 Å². The summed E-state index contributed by atoms with van der Waals surface area (Å²) in [6, 6.07) is 10.3. The summed E-state index contributed by atoms with van der Waals surface area (Å²) in [6.45, 7) is 0.580. The predicted molar refractivity (Wildman–Crippen MR) is 66.8 cm³/mol. The van der Waals surface area contributed by atoms with E-state index in [9.17, 15) is 0 Å². The van der Waals surface area contributed by atoms with E-state index in [0.717, 1.165) is 0 Å². The lowest BCUT2D eigenvalue weighted by molar-refractivity contribution is 0.405. The van der Waals surface area contributed by atoms with Gasteiger partial charge in [-0.05, 0) is 23.6 Å². The predicted octanol–water partition coefficient (Wildman–Crippen LogP) is 1.89. The second-order valence-corrected chi connectivity index (χ2v) is 3.39. The van der Waals surface area contributed by atoms with Crippen molar-refractivity contribution in [2.45, 2.75) is 0 Å². The Bertz CT molecular complexity index is 468. The van der Waals surface area contributed by atoms with E-state index in [1.165, 1.54) is 15.9 Å². The SMILES string of the molecule is NN1C=CC=NC1.c1ccc2[nH]ccc2c1. The molecule has 0 radical (unpaired) electrons. The van der Waals surface area contributed by atoms with Gasteiger partial charge in [-0.2, -0.15) is 0 Å². The molecule has 0 bridgehead atoms. The van der Waals surface area contributed by atoms with E-state index in [2.05, 4.69) is 28.2 Å². The molecule has 0 saturated heterocycles. The van der Waals surface area contributed by atoms with Crippen LogP contribution in [0.5, 0.6) is 0 Å². The number of hydrogen-bond donors (Lipinski definition) is 2. The minimum atomic E-state index is 0.580. The van der Waals surface area contributed by atoms with E-state index in [0.29, 0.717) is 6.67 Å². The quantitative estimate of drug-likeness (QED) is 0.658. The van der Waals surface area contributed by atoms with Crippen molar-refractivity contribution >= 4 is 17.1 Å². The third-order valence-electron chi connectivity index (χ3n) is 2.18. The molecule has 0 atom stereocenters. The number of para-hydroxylation sites is 1. The van der Waals surface area contributed by atoms with Crippen molar-refractivity contribution < 1.29 is 0 Å². The lowest BCUT2D eigenvalue weighted by Crippen LogP contribution is -2.26. The summed E-state index contributed by atoms with van der Waals surface area (Å²) >= 11 is 0. The molecule has 2 heterocycles. The van der Waals surface area contributed by atoms with E-state index < -0.39 is 0 Å². The highest BCUT2D eigenvalue weighted by molar-refractivity contribution is 5.78. The maximum Gasteiger partial charge on any atom is 0.123 e. The molecule has 3 N–H and O–H groups in total. The van der Waals surface area contributed by atoms with Gasteiger partial charge in [-0.3, -0.25) is 10.0 Å². The Labute approximate surface area is 94.1 Å². The zero-order valence-corrected chi connectivity index (χ0v) is 8.88. The van der Waals surface area contributed by atoms with Gasteiger partial charge in [0.2, 0.25) is 0 Å². The van der Waals surface area contributed by atoms with Crippen LogP contribution >= 0.6 is 0 Å². The van der Waals surface area contributed by atoms with Gasteiger partial charge in [0.15, 0.2) is 0 Å². The van der Waals surface area contributed by atoms with Crippen molar-refractivity contribution in [3.63, 3.8) is 0 Å². The zero-order chi connectivity index (χ0) is 11.2. The van der Waals surface area contributed by atoms with Gasteiger partial charge in [-0.15, -0.1) is 0 Å². The van der Waals surface area contributed by atoms with Gasteiger partial charge in [0.05, 0.1) is 0 Å². The molecule has 3 rings (SSSR count). The molecule has 0 spiro atoms. The summed E-state index contributed by atoms with van der Waals surface area (Å²) in [5.74, 6) is 5.27. The number of fused-ring (bicyclic) bond motifs is 1. The van der Waals surface area contributed by atoms with Crippen LogP contribution in [0.3, 0.4) is 0 Å². The monoisotopic (exact) mass is 214 g/mol. The van der Waals surface area contributed by atoms with E-state index >= 15 is 0 Å². The molecule has 0 saturated carbocycles. The fourth-order valence-electron chi connectivity index (χ4n) is 1.39. The summed E-state index contributed by atoms with van der Waals surface area (Å²) in [5.41, 5.74) is 1.21. The van der Waals surface area contributed by atoms with Crippen LogP contribution in [0, 0.1) is 0 Å². The molecule has 82 valence electrons. The number of benzene rings is 1. The van der Waals surface area contributed by atoms with Crippen LogP contribution in [0.1, 0.15) is 0 Å². The largest absolute Gasteiger partial charge is 0.361 e. The summed E-state index contributed by atoms with van der Waals surface area (Å²) in [5, 5.41) is 2.79. The first kappa shape index (κ1) is 10.4. The van der Waals surface area contributed by atoms with Crippen LogP contribution in [0.25, 0.3) is 10.9 Å². The number of aliphatic imine (C=N–C) groups is 1. The third-order valence-corrected chi connectivity index (χ3v) is 2.18. The van der Waals surface area contributed by atoms with Gasteiger partial charge in [-0.25, -0.2) is 5.84 Å². The van der Waals surface area contributed by atoms with Crippen LogP contribution in [0.2, 0.25) is 0 Å². The summed E-state index contributed by atoms with van der Waals surface area (Å²) < 4.78 is 0. The molecule has 4 nitrogen and oxygen atoms in total. The molecule has 16 heavy (non-hydrogen) atoms. The third kappa shape index (κ3) is 2.71. The van der Waals surface area contributed by atoms with Crippen molar-refractivity contribution in [1.29, 1.82) is 0 Å². The topological polar surface area (TPSA) is 57.4 Å². The van der Waals surface area contributed by atoms with Crippen molar-refractivity contribution in [2.24, 2.45) is 10.8 Å². The van der Waals surface area contributed by atoms with Crippen LogP contribution in [-0.4, -0.2) is 22.9 Å². The van der Waals surface area contributed by atoms with Crippen LogP contribution in [0.15, 0.2) is 53.8 Å². The van der Waals surface area contributed by atoms with E-state index in [1.807, 2.05) is 18.3 Å². The molecule has 0 aliphatic carbocycles. The molecule has 0 unspecified atom stereocenters.